The average molecular weight is 467 g/mol. The summed E-state index contributed by atoms with van der Waals surface area (Å²) in [7, 11) is 0. The molecule has 2 aliphatic carbocycles. The van der Waals surface area contributed by atoms with Crippen LogP contribution in [-0.2, 0) is 16.2 Å². The summed E-state index contributed by atoms with van der Waals surface area (Å²) in [6, 6.07) is 6.59. The lowest BCUT2D eigenvalue weighted by Gasteiger charge is -2.45. The maximum atomic E-state index is 11.4. The molecule has 34 heavy (non-hydrogen) atoms. The summed E-state index contributed by atoms with van der Waals surface area (Å²) in [4.78, 5) is 0. The Morgan fingerprint density at radius 3 is 1.74 bits per heavy atom. The molecule has 0 saturated heterocycles. The topological polar surface area (TPSA) is 80.9 Å². The van der Waals surface area contributed by atoms with Gasteiger partial charge in [0.2, 0.25) is 0 Å². The minimum atomic E-state index is -0.583. The van der Waals surface area contributed by atoms with Gasteiger partial charge >= 0.3 is 0 Å². The molecule has 4 heteroatoms. The number of aromatic hydroxyl groups is 4. The molecule has 186 valence electrons. The summed E-state index contributed by atoms with van der Waals surface area (Å²) in [5, 5.41) is 43.9. The molecule has 2 aromatic rings. The highest BCUT2D eigenvalue weighted by Crippen LogP contribution is 2.72. The highest BCUT2D eigenvalue weighted by molar-refractivity contribution is 5.69. The molecule has 0 bridgehead atoms. The zero-order chi connectivity index (χ0) is 25.4. The van der Waals surface area contributed by atoms with Gasteiger partial charge in [-0.05, 0) is 71.6 Å². The molecule has 2 aliphatic rings. The summed E-state index contributed by atoms with van der Waals surface area (Å²) >= 11 is 0. The van der Waals surface area contributed by atoms with Crippen LogP contribution in [0.15, 0.2) is 24.3 Å². The van der Waals surface area contributed by atoms with Crippen molar-refractivity contribution in [3.63, 3.8) is 0 Å². The third kappa shape index (κ3) is 3.31. The lowest BCUT2D eigenvalue weighted by molar-refractivity contribution is 0.125. The van der Waals surface area contributed by atoms with Crippen LogP contribution in [0, 0.1) is 23.7 Å². The van der Waals surface area contributed by atoms with Gasteiger partial charge in [0.15, 0.2) is 0 Å². The van der Waals surface area contributed by atoms with E-state index < -0.39 is 5.41 Å². The van der Waals surface area contributed by atoms with Crippen LogP contribution in [0.4, 0.5) is 0 Å². The molecular weight excluding hydrogens is 424 g/mol. The van der Waals surface area contributed by atoms with Crippen molar-refractivity contribution in [1.29, 1.82) is 0 Å². The molecule has 0 saturated carbocycles. The smallest absolute Gasteiger partial charge is 0.123 e. The summed E-state index contributed by atoms with van der Waals surface area (Å²) in [5.41, 5.74) is 2.50. The second-order valence-electron chi connectivity index (χ2n) is 12.8. The van der Waals surface area contributed by atoms with E-state index in [1.807, 2.05) is 12.1 Å². The molecule has 4 N–H and O–H groups in total. The lowest BCUT2D eigenvalue weighted by Crippen LogP contribution is -2.44. The Hall–Kier alpha value is -2.36. The van der Waals surface area contributed by atoms with Gasteiger partial charge in [-0.25, -0.2) is 0 Å². The van der Waals surface area contributed by atoms with Gasteiger partial charge in [-0.15, -0.1) is 0 Å². The molecule has 1 spiro atoms. The van der Waals surface area contributed by atoms with Gasteiger partial charge in [0, 0.05) is 34.1 Å². The molecular formula is C30H42O4. The maximum absolute atomic E-state index is 11.4. The van der Waals surface area contributed by atoms with E-state index in [0.717, 1.165) is 41.5 Å². The van der Waals surface area contributed by atoms with Crippen LogP contribution in [0.2, 0.25) is 0 Å². The molecule has 0 aliphatic heterocycles. The van der Waals surface area contributed by atoms with Gasteiger partial charge in [0.05, 0.1) is 0 Å². The molecule has 4 atom stereocenters. The number of hydrogen-bond acceptors (Lipinski definition) is 4. The number of benzene rings is 2. The first kappa shape index (κ1) is 24.8. The van der Waals surface area contributed by atoms with Crippen molar-refractivity contribution in [1.82, 2.24) is 0 Å². The van der Waals surface area contributed by atoms with Crippen LogP contribution in [0.3, 0.4) is 0 Å². The Morgan fingerprint density at radius 2 is 1.24 bits per heavy atom. The summed E-state index contributed by atoms with van der Waals surface area (Å²) in [6.07, 6.45) is 2.56. The Bertz CT molecular complexity index is 1120. The van der Waals surface area contributed by atoms with Gasteiger partial charge in [-0.3, -0.25) is 0 Å². The van der Waals surface area contributed by atoms with Gasteiger partial charge in [-0.1, -0.05) is 55.4 Å². The van der Waals surface area contributed by atoms with Crippen molar-refractivity contribution in [2.75, 3.05) is 0 Å². The molecule has 0 amide bonds. The average Bonchev–Trinajstić information content (AvgIpc) is 2.99. The Kier molecular flexibility index (Phi) is 5.70. The highest BCUT2D eigenvalue weighted by atomic mass is 16.3. The summed E-state index contributed by atoms with van der Waals surface area (Å²) < 4.78 is 0. The molecule has 4 nitrogen and oxygen atoms in total. The normalized spacial score (nSPS) is 30.0. The quantitative estimate of drug-likeness (QED) is 0.379. The second kappa shape index (κ2) is 7.83. The van der Waals surface area contributed by atoms with Crippen molar-refractivity contribution in [2.24, 2.45) is 23.7 Å². The first-order chi connectivity index (χ1) is 15.7. The van der Waals surface area contributed by atoms with Gasteiger partial charge in [0.25, 0.3) is 0 Å². The van der Waals surface area contributed by atoms with Crippen LogP contribution in [0.25, 0.3) is 0 Å². The second-order valence-corrected chi connectivity index (χ2v) is 12.8. The lowest BCUT2D eigenvalue weighted by atomic mass is 9.57. The Morgan fingerprint density at radius 1 is 0.735 bits per heavy atom. The van der Waals surface area contributed by atoms with Crippen molar-refractivity contribution in [3.05, 3.63) is 46.5 Å². The van der Waals surface area contributed by atoms with E-state index >= 15 is 0 Å². The number of phenols is 4. The molecule has 2 aromatic carbocycles. The third-order valence-corrected chi connectivity index (χ3v) is 8.60. The molecule has 0 aromatic heterocycles. The minimum absolute atomic E-state index is 0.0456. The minimum Gasteiger partial charge on any atom is -0.508 e. The van der Waals surface area contributed by atoms with Gasteiger partial charge in [0.1, 0.15) is 23.0 Å². The predicted molar refractivity (Wildman–Crippen MR) is 137 cm³/mol. The van der Waals surface area contributed by atoms with E-state index in [0.29, 0.717) is 11.8 Å². The van der Waals surface area contributed by atoms with Crippen LogP contribution in [-0.4, -0.2) is 20.4 Å². The zero-order valence-electron chi connectivity index (χ0n) is 22.0. The van der Waals surface area contributed by atoms with Crippen molar-refractivity contribution >= 4 is 0 Å². The molecule has 0 fully saturated rings. The predicted octanol–water partition coefficient (Wildman–Crippen LogP) is 7.09. The van der Waals surface area contributed by atoms with Crippen LogP contribution in [0.5, 0.6) is 23.0 Å². The van der Waals surface area contributed by atoms with Crippen molar-refractivity contribution in [3.8, 4) is 23.0 Å². The van der Waals surface area contributed by atoms with E-state index in [1.54, 1.807) is 0 Å². The van der Waals surface area contributed by atoms with E-state index in [-0.39, 0.29) is 45.7 Å². The van der Waals surface area contributed by atoms with E-state index in [2.05, 4.69) is 55.4 Å². The fourth-order valence-corrected chi connectivity index (χ4v) is 8.75. The monoisotopic (exact) mass is 466 g/mol. The van der Waals surface area contributed by atoms with Gasteiger partial charge < -0.3 is 20.4 Å². The fraction of sp³-hybridized carbons (Fsp3) is 0.600. The number of hydrogen-bond donors (Lipinski definition) is 4. The van der Waals surface area contributed by atoms with Crippen LogP contribution in [0.1, 0.15) is 96.9 Å². The van der Waals surface area contributed by atoms with E-state index in [4.69, 9.17) is 0 Å². The maximum Gasteiger partial charge on any atom is 0.123 e. The molecule has 0 heterocycles. The molecule has 4 rings (SSSR count). The van der Waals surface area contributed by atoms with Crippen molar-refractivity contribution < 1.29 is 20.4 Å². The first-order valence-electron chi connectivity index (χ1n) is 12.8. The SMILES string of the molecule is CC(C)CC1(C)CC2(c3cc(O)cc(O)c3C(C)(CC(C)C)C2C(C)C)c2c(O)cc(O)cc21. The number of phenolic OH excluding ortho intramolecular Hbond substituents is 4. The van der Waals surface area contributed by atoms with Crippen molar-refractivity contribution in [2.45, 2.75) is 90.9 Å². The summed E-state index contributed by atoms with van der Waals surface area (Å²) in [5.74, 6) is 1.53. The standard InChI is InChI=1S/C30H42O4/c1-16(2)13-28(7)15-30(26-21(28)9-19(31)12-24(26)34)22-10-20(32)11-23(33)25(22)29(8,14-17(3)4)27(30)18(5)6/h9-12,16-18,27,31-34H,13-15H2,1-8H3. The fourth-order valence-electron chi connectivity index (χ4n) is 8.75. The van der Waals surface area contributed by atoms with Crippen LogP contribution < -0.4 is 0 Å². The Balaban J connectivity index is 2.17. The molecule has 4 unspecified atom stereocenters. The largest absolute Gasteiger partial charge is 0.508 e. The summed E-state index contributed by atoms with van der Waals surface area (Å²) in [6.45, 7) is 17.8. The highest BCUT2D eigenvalue weighted by Gasteiger charge is 2.66. The number of rotatable bonds is 5. The third-order valence-electron chi connectivity index (χ3n) is 8.60. The first-order valence-corrected chi connectivity index (χ1v) is 12.8. The van der Waals surface area contributed by atoms with Crippen LogP contribution >= 0.6 is 0 Å². The zero-order valence-corrected chi connectivity index (χ0v) is 22.0. The van der Waals surface area contributed by atoms with Gasteiger partial charge in [-0.2, -0.15) is 0 Å². The Labute approximate surface area is 204 Å². The van der Waals surface area contributed by atoms with E-state index in [9.17, 15) is 20.4 Å². The van der Waals surface area contributed by atoms with E-state index in [1.165, 1.54) is 12.1 Å². The molecule has 0 radical (unpaired) electrons. The number of fused-ring (bicyclic) bond motifs is 4.